The second kappa shape index (κ2) is 5.46. The highest BCUT2D eigenvalue weighted by Gasteiger charge is 2.00. The van der Waals surface area contributed by atoms with E-state index in [4.69, 9.17) is 5.26 Å². The molecular weight excluding hydrogens is 278 g/mol. The molecule has 0 aliphatic carbocycles. The molecule has 0 spiro atoms. The number of rotatable bonds is 3. The van der Waals surface area contributed by atoms with Crippen molar-refractivity contribution in [2.24, 2.45) is 0 Å². The Balaban J connectivity index is 2.08. The summed E-state index contributed by atoms with van der Waals surface area (Å²) in [6, 6.07) is 11.5. The number of halogens is 1. The first-order valence-electron chi connectivity index (χ1n) is 5.12. The molecule has 0 fully saturated rings. The molecule has 1 heterocycles. The first kappa shape index (κ1) is 11.6. The van der Waals surface area contributed by atoms with Crippen LogP contribution in [0.25, 0.3) is 0 Å². The van der Waals surface area contributed by atoms with E-state index in [2.05, 4.69) is 32.3 Å². The van der Waals surface area contributed by atoms with Gasteiger partial charge in [-0.2, -0.15) is 5.26 Å². The monoisotopic (exact) mass is 287 g/mol. The molecule has 3 nitrogen and oxygen atoms in total. The predicted molar refractivity (Wildman–Crippen MR) is 70.4 cm³/mol. The van der Waals surface area contributed by atoms with Gasteiger partial charge in [-0.25, -0.2) is 0 Å². The summed E-state index contributed by atoms with van der Waals surface area (Å²) in [5.41, 5.74) is 2.78. The summed E-state index contributed by atoms with van der Waals surface area (Å²) in [6.45, 7) is 0.729. The molecule has 0 aliphatic rings. The molecule has 2 aromatic rings. The fourth-order valence-corrected chi connectivity index (χ4v) is 1.94. The molecular formula is C13H10BrN3. The van der Waals surface area contributed by atoms with Crippen molar-refractivity contribution in [3.63, 3.8) is 0 Å². The standard InChI is InChI=1S/C13H10BrN3/c14-12-7-11(8-15)1-2-13(12)17-9-10-3-5-16-6-4-10/h1-7,17H,9H2. The van der Waals surface area contributed by atoms with Gasteiger partial charge in [0.25, 0.3) is 0 Å². The van der Waals surface area contributed by atoms with Crippen LogP contribution in [0.4, 0.5) is 5.69 Å². The van der Waals surface area contributed by atoms with Gasteiger partial charge in [0.2, 0.25) is 0 Å². The maximum Gasteiger partial charge on any atom is 0.0992 e. The maximum atomic E-state index is 8.76. The van der Waals surface area contributed by atoms with Gasteiger partial charge in [-0.3, -0.25) is 4.98 Å². The molecule has 1 aromatic carbocycles. The first-order chi connectivity index (χ1) is 8.29. The van der Waals surface area contributed by atoms with Crippen molar-refractivity contribution in [1.29, 1.82) is 5.26 Å². The lowest BCUT2D eigenvalue weighted by Crippen LogP contribution is -2.00. The number of aromatic nitrogens is 1. The van der Waals surface area contributed by atoms with Gasteiger partial charge < -0.3 is 5.32 Å². The number of hydrogen-bond donors (Lipinski definition) is 1. The number of nitrogens with zero attached hydrogens (tertiary/aromatic N) is 2. The summed E-state index contributed by atoms with van der Waals surface area (Å²) < 4.78 is 0.894. The molecule has 0 aliphatic heterocycles. The van der Waals surface area contributed by atoms with Crippen molar-refractivity contribution in [1.82, 2.24) is 4.98 Å². The van der Waals surface area contributed by atoms with E-state index in [1.165, 1.54) is 0 Å². The normalized spacial score (nSPS) is 9.65. The van der Waals surface area contributed by atoms with E-state index in [0.29, 0.717) is 5.56 Å². The minimum absolute atomic E-state index is 0.645. The van der Waals surface area contributed by atoms with E-state index >= 15 is 0 Å². The summed E-state index contributed by atoms with van der Waals surface area (Å²) in [6.07, 6.45) is 3.54. The lowest BCUT2D eigenvalue weighted by Gasteiger charge is -2.08. The first-order valence-corrected chi connectivity index (χ1v) is 5.91. The molecule has 0 bridgehead atoms. The van der Waals surface area contributed by atoms with Gasteiger partial charge in [-0.05, 0) is 51.8 Å². The van der Waals surface area contributed by atoms with Crippen LogP contribution >= 0.6 is 15.9 Å². The molecule has 0 unspecified atom stereocenters. The third-order valence-electron chi connectivity index (χ3n) is 2.33. The van der Waals surface area contributed by atoms with E-state index in [1.54, 1.807) is 24.5 Å². The summed E-state index contributed by atoms with van der Waals surface area (Å²) >= 11 is 3.44. The van der Waals surface area contributed by atoms with Crippen LogP contribution in [0.3, 0.4) is 0 Å². The molecule has 1 N–H and O–H groups in total. The Bertz CT molecular complexity index is 546. The predicted octanol–water partition coefficient (Wildman–Crippen LogP) is 3.33. The number of pyridine rings is 1. The summed E-state index contributed by atoms with van der Waals surface area (Å²) in [5.74, 6) is 0. The molecule has 0 radical (unpaired) electrons. The highest BCUT2D eigenvalue weighted by atomic mass is 79.9. The number of nitriles is 1. The van der Waals surface area contributed by atoms with Crippen LogP contribution in [0.15, 0.2) is 47.2 Å². The zero-order valence-electron chi connectivity index (χ0n) is 9.02. The maximum absolute atomic E-state index is 8.76. The summed E-state index contributed by atoms with van der Waals surface area (Å²) in [5, 5.41) is 12.1. The van der Waals surface area contributed by atoms with Crippen LogP contribution in [0.2, 0.25) is 0 Å². The fraction of sp³-hybridized carbons (Fsp3) is 0.0769. The van der Waals surface area contributed by atoms with E-state index in [9.17, 15) is 0 Å². The Kier molecular flexibility index (Phi) is 3.73. The largest absolute Gasteiger partial charge is 0.380 e. The average Bonchev–Trinajstić information content (AvgIpc) is 2.38. The Morgan fingerprint density at radius 1 is 1.24 bits per heavy atom. The highest BCUT2D eigenvalue weighted by molar-refractivity contribution is 9.10. The number of nitrogens with one attached hydrogen (secondary N) is 1. The Labute approximate surface area is 108 Å². The number of benzene rings is 1. The minimum atomic E-state index is 0.645. The van der Waals surface area contributed by atoms with Crippen molar-refractivity contribution in [2.75, 3.05) is 5.32 Å². The molecule has 0 atom stereocenters. The SMILES string of the molecule is N#Cc1ccc(NCc2ccncc2)c(Br)c1. The molecule has 0 saturated heterocycles. The number of hydrogen-bond acceptors (Lipinski definition) is 3. The van der Waals surface area contributed by atoms with Crippen molar-refractivity contribution in [2.45, 2.75) is 6.54 Å². The van der Waals surface area contributed by atoms with Gasteiger partial charge >= 0.3 is 0 Å². The average molecular weight is 288 g/mol. The summed E-state index contributed by atoms with van der Waals surface area (Å²) in [7, 11) is 0. The molecule has 2 rings (SSSR count). The van der Waals surface area contributed by atoms with Crippen LogP contribution in [-0.4, -0.2) is 4.98 Å². The summed E-state index contributed by atoms with van der Waals surface area (Å²) in [4.78, 5) is 3.97. The fourth-order valence-electron chi connectivity index (χ4n) is 1.43. The Hall–Kier alpha value is -1.86. The van der Waals surface area contributed by atoms with E-state index < -0.39 is 0 Å². The van der Waals surface area contributed by atoms with Crippen LogP contribution in [0.1, 0.15) is 11.1 Å². The zero-order chi connectivity index (χ0) is 12.1. The van der Waals surface area contributed by atoms with Crippen LogP contribution < -0.4 is 5.32 Å². The van der Waals surface area contributed by atoms with E-state index in [-0.39, 0.29) is 0 Å². The Morgan fingerprint density at radius 2 is 2.00 bits per heavy atom. The lowest BCUT2D eigenvalue weighted by molar-refractivity contribution is 1.12. The van der Waals surface area contributed by atoms with Gasteiger partial charge in [0.15, 0.2) is 0 Å². The number of anilines is 1. The third kappa shape index (κ3) is 3.05. The molecule has 1 aromatic heterocycles. The molecule has 84 valence electrons. The minimum Gasteiger partial charge on any atom is -0.380 e. The highest BCUT2D eigenvalue weighted by Crippen LogP contribution is 2.23. The van der Waals surface area contributed by atoms with Gasteiger partial charge in [0.1, 0.15) is 0 Å². The molecule has 17 heavy (non-hydrogen) atoms. The van der Waals surface area contributed by atoms with Gasteiger partial charge in [0, 0.05) is 29.1 Å². The van der Waals surface area contributed by atoms with Crippen LogP contribution in [-0.2, 0) is 6.54 Å². The van der Waals surface area contributed by atoms with E-state index in [1.807, 2.05) is 18.2 Å². The Morgan fingerprint density at radius 3 is 2.65 bits per heavy atom. The molecule has 4 heteroatoms. The van der Waals surface area contributed by atoms with Gasteiger partial charge in [0.05, 0.1) is 11.6 Å². The quantitative estimate of drug-likeness (QED) is 0.942. The van der Waals surface area contributed by atoms with E-state index in [0.717, 1.165) is 22.3 Å². The van der Waals surface area contributed by atoms with Gasteiger partial charge in [-0.15, -0.1) is 0 Å². The third-order valence-corrected chi connectivity index (χ3v) is 2.99. The van der Waals surface area contributed by atoms with Crippen LogP contribution in [0, 0.1) is 11.3 Å². The van der Waals surface area contributed by atoms with Crippen LogP contribution in [0.5, 0.6) is 0 Å². The second-order valence-electron chi connectivity index (χ2n) is 3.52. The molecule has 0 saturated carbocycles. The smallest absolute Gasteiger partial charge is 0.0992 e. The topological polar surface area (TPSA) is 48.7 Å². The van der Waals surface area contributed by atoms with Gasteiger partial charge in [-0.1, -0.05) is 0 Å². The van der Waals surface area contributed by atoms with Crippen molar-refractivity contribution >= 4 is 21.6 Å². The van der Waals surface area contributed by atoms with Crippen molar-refractivity contribution in [3.8, 4) is 6.07 Å². The second-order valence-corrected chi connectivity index (χ2v) is 4.37. The lowest BCUT2D eigenvalue weighted by atomic mass is 10.2. The van der Waals surface area contributed by atoms with Crippen molar-refractivity contribution < 1.29 is 0 Å². The van der Waals surface area contributed by atoms with Crippen molar-refractivity contribution in [3.05, 3.63) is 58.3 Å². The zero-order valence-corrected chi connectivity index (χ0v) is 10.6. The molecule has 0 amide bonds.